The Labute approximate surface area is 143 Å². The molecule has 0 radical (unpaired) electrons. The van der Waals surface area contributed by atoms with Crippen LogP contribution in [0.5, 0.6) is 5.75 Å². The van der Waals surface area contributed by atoms with Gasteiger partial charge in [0.2, 0.25) is 11.4 Å². The van der Waals surface area contributed by atoms with Gasteiger partial charge in [0.1, 0.15) is 5.75 Å². The highest BCUT2D eigenvalue weighted by Crippen LogP contribution is 2.58. The van der Waals surface area contributed by atoms with Crippen molar-refractivity contribution >= 4 is 5.78 Å². The Kier molecular flexibility index (Phi) is 2.63. The van der Waals surface area contributed by atoms with Crippen molar-refractivity contribution in [3.63, 3.8) is 0 Å². The Hall–Kier alpha value is -2.95. The van der Waals surface area contributed by atoms with Crippen LogP contribution in [0.3, 0.4) is 0 Å². The maximum Gasteiger partial charge on any atom is 0.276 e. The highest BCUT2D eigenvalue weighted by atomic mass is 16.7. The molecule has 4 nitrogen and oxygen atoms in total. The normalized spacial score (nSPS) is 25.9. The molecule has 3 aromatic rings. The molecule has 0 spiro atoms. The van der Waals surface area contributed by atoms with E-state index in [-0.39, 0.29) is 11.1 Å². The van der Waals surface area contributed by atoms with Gasteiger partial charge in [-0.25, -0.2) is 0 Å². The zero-order chi connectivity index (χ0) is 17.2. The molecule has 3 aromatic carbocycles. The first-order chi connectivity index (χ1) is 12.1. The summed E-state index contributed by atoms with van der Waals surface area (Å²) < 4.78 is 5.69. The van der Waals surface area contributed by atoms with Crippen LogP contribution in [0, 0.1) is 0 Å². The Morgan fingerprint density at radius 1 is 0.760 bits per heavy atom. The van der Waals surface area contributed by atoms with Crippen LogP contribution in [-0.2, 0) is 11.4 Å². The van der Waals surface area contributed by atoms with Crippen molar-refractivity contribution in [3.8, 4) is 16.9 Å². The van der Waals surface area contributed by atoms with Crippen molar-refractivity contribution in [1.82, 2.24) is 0 Å². The molecule has 0 aromatic heterocycles. The molecule has 25 heavy (non-hydrogen) atoms. The predicted molar refractivity (Wildman–Crippen MR) is 91.1 cm³/mol. The van der Waals surface area contributed by atoms with Gasteiger partial charge in [-0.2, -0.15) is 0 Å². The molecule has 1 aliphatic carbocycles. The van der Waals surface area contributed by atoms with E-state index in [1.165, 1.54) is 0 Å². The molecule has 2 aliphatic rings. The van der Waals surface area contributed by atoms with Gasteiger partial charge in [-0.15, -0.1) is 0 Å². The molecule has 2 atom stereocenters. The van der Waals surface area contributed by atoms with E-state index in [2.05, 4.69) is 0 Å². The number of ether oxygens (including phenoxy) is 1. The highest BCUT2D eigenvalue weighted by molar-refractivity contribution is 6.09. The summed E-state index contributed by atoms with van der Waals surface area (Å²) >= 11 is 0. The molecule has 0 amide bonds. The van der Waals surface area contributed by atoms with Crippen molar-refractivity contribution in [3.05, 3.63) is 89.5 Å². The van der Waals surface area contributed by atoms with Crippen LogP contribution in [0.15, 0.2) is 72.8 Å². The number of Topliss-reactive ketones (excluding diaryl/α,β-unsaturated/α-hetero) is 1. The number of ketones is 1. The quantitative estimate of drug-likeness (QED) is 0.720. The Bertz CT molecular complexity index is 1030. The third-order valence-electron chi connectivity index (χ3n) is 5.09. The molecular formula is C21H14O4. The summed E-state index contributed by atoms with van der Waals surface area (Å²) in [6.45, 7) is 0. The first kappa shape index (κ1) is 14.4. The van der Waals surface area contributed by atoms with Gasteiger partial charge >= 0.3 is 0 Å². The number of hydrogen-bond donors (Lipinski definition) is 2. The Balaban J connectivity index is 1.74. The molecule has 0 saturated heterocycles. The lowest BCUT2D eigenvalue weighted by atomic mass is 9.85. The average molecular weight is 330 g/mol. The third kappa shape index (κ3) is 1.60. The molecule has 1 aliphatic heterocycles. The summed E-state index contributed by atoms with van der Waals surface area (Å²) in [5, 5.41) is 22.4. The van der Waals surface area contributed by atoms with Crippen LogP contribution in [0.25, 0.3) is 11.1 Å². The third-order valence-corrected chi connectivity index (χ3v) is 5.09. The molecule has 2 N–H and O–H groups in total. The number of carbonyl (C=O) groups excluding carboxylic acids is 1. The number of benzene rings is 3. The number of fused-ring (bicyclic) bond motifs is 5. The zero-order valence-electron chi connectivity index (χ0n) is 13.1. The molecule has 1 heterocycles. The van der Waals surface area contributed by atoms with Crippen LogP contribution < -0.4 is 4.74 Å². The molecule has 2 unspecified atom stereocenters. The SMILES string of the molecule is O=C1c2ccccc2C2(O)Oc3ccc(-c4ccccc4)cc3C12O. The summed E-state index contributed by atoms with van der Waals surface area (Å²) in [6, 6.07) is 21.5. The fourth-order valence-corrected chi connectivity index (χ4v) is 3.82. The van der Waals surface area contributed by atoms with Gasteiger partial charge in [-0.05, 0) is 23.3 Å². The Morgan fingerprint density at radius 2 is 1.48 bits per heavy atom. The maximum atomic E-state index is 12.9. The lowest BCUT2D eigenvalue weighted by Crippen LogP contribution is -2.48. The van der Waals surface area contributed by atoms with Crippen molar-refractivity contribution in [2.24, 2.45) is 0 Å². The van der Waals surface area contributed by atoms with E-state index in [4.69, 9.17) is 4.74 Å². The second kappa shape index (κ2) is 4.57. The first-order valence-corrected chi connectivity index (χ1v) is 8.04. The molecule has 5 rings (SSSR count). The van der Waals surface area contributed by atoms with E-state index < -0.39 is 17.2 Å². The lowest BCUT2D eigenvalue weighted by molar-refractivity contribution is -0.224. The van der Waals surface area contributed by atoms with Crippen LogP contribution in [-0.4, -0.2) is 16.0 Å². The van der Waals surface area contributed by atoms with E-state index in [1.54, 1.807) is 36.4 Å². The smallest absolute Gasteiger partial charge is 0.276 e. The van der Waals surface area contributed by atoms with Gasteiger partial charge in [0.25, 0.3) is 5.79 Å². The topological polar surface area (TPSA) is 66.8 Å². The minimum atomic E-state index is -2.14. The fraction of sp³-hybridized carbons (Fsp3) is 0.0952. The monoisotopic (exact) mass is 330 g/mol. The van der Waals surface area contributed by atoms with E-state index in [9.17, 15) is 15.0 Å². The number of carbonyl (C=O) groups is 1. The van der Waals surface area contributed by atoms with E-state index >= 15 is 0 Å². The van der Waals surface area contributed by atoms with Crippen LogP contribution in [0.2, 0.25) is 0 Å². The largest absolute Gasteiger partial charge is 0.454 e. The van der Waals surface area contributed by atoms with Gasteiger partial charge in [0, 0.05) is 16.7 Å². The molecule has 122 valence electrons. The second-order valence-electron chi connectivity index (χ2n) is 6.41. The molecule has 0 saturated carbocycles. The first-order valence-electron chi connectivity index (χ1n) is 8.04. The predicted octanol–water partition coefficient (Wildman–Crippen LogP) is 2.98. The standard InChI is InChI=1S/C21H14O4/c22-19-15-8-4-5-9-16(15)21(24)20(19,23)17-12-14(10-11-18(17)25-21)13-6-2-1-3-7-13/h1-12,23-24H. The molecule has 0 bridgehead atoms. The van der Waals surface area contributed by atoms with Gasteiger partial charge in [0.15, 0.2) is 0 Å². The molecule has 4 heteroatoms. The lowest BCUT2D eigenvalue weighted by Gasteiger charge is -2.28. The van der Waals surface area contributed by atoms with E-state index in [0.717, 1.165) is 11.1 Å². The van der Waals surface area contributed by atoms with Crippen molar-refractivity contribution in [2.75, 3.05) is 0 Å². The maximum absolute atomic E-state index is 12.9. The van der Waals surface area contributed by atoms with Crippen LogP contribution >= 0.6 is 0 Å². The number of rotatable bonds is 1. The van der Waals surface area contributed by atoms with Gasteiger partial charge in [-0.3, -0.25) is 4.79 Å². The zero-order valence-corrected chi connectivity index (χ0v) is 13.1. The Morgan fingerprint density at radius 3 is 2.28 bits per heavy atom. The highest BCUT2D eigenvalue weighted by Gasteiger charge is 2.70. The minimum absolute atomic E-state index is 0.281. The summed E-state index contributed by atoms with van der Waals surface area (Å²) in [6.07, 6.45) is 0. The second-order valence-corrected chi connectivity index (χ2v) is 6.41. The van der Waals surface area contributed by atoms with E-state index in [0.29, 0.717) is 11.3 Å². The summed E-state index contributed by atoms with van der Waals surface area (Å²) in [4.78, 5) is 12.9. The van der Waals surface area contributed by atoms with Crippen LogP contribution in [0.1, 0.15) is 21.5 Å². The molecular weight excluding hydrogens is 316 g/mol. The minimum Gasteiger partial charge on any atom is -0.454 e. The van der Waals surface area contributed by atoms with Gasteiger partial charge in [-0.1, -0.05) is 60.7 Å². The average Bonchev–Trinajstić information content (AvgIpc) is 2.99. The van der Waals surface area contributed by atoms with Gasteiger partial charge < -0.3 is 14.9 Å². The van der Waals surface area contributed by atoms with Crippen molar-refractivity contribution < 1.29 is 19.7 Å². The van der Waals surface area contributed by atoms with Crippen LogP contribution in [0.4, 0.5) is 0 Å². The van der Waals surface area contributed by atoms with Gasteiger partial charge in [0.05, 0.1) is 0 Å². The summed E-state index contributed by atoms with van der Waals surface area (Å²) in [5.41, 5.74) is 0.508. The fourth-order valence-electron chi connectivity index (χ4n) is 3.82. The van der Waals surface area contributed by atoms with Crippen molar-refractivity contribution in [1.29, 1.82) is 0 Å². The summed E-state index contributed by atoms with van der Waals surface area (Å²) in [7, 11) is 0. The van der Waals surface area contributed by atoms with E-state index in [1.807, 2.05) is 36.4 Å². The summed E-state index contributed by atoms with van der Waals surface area (Å²) in [5.74, 6) is -2.33. The van der Waals surface area contributed by atoms with Crippen molar-refractivity contribution in [2.45, 2.75) is 11.4 Å². The molecule has 0 fully saturated rings. The number of aliphatic hydroxyl groups is 2. The number of hydrogen-bond acceptors (Lipinski definition) is 4.